The van der Waals surface area contributed by atoms with Crippen LogP contribution in [-0.2, 0) is 28.7 Å². The van der Waals surface area contributed by atoms with E-state index in [1.807, 2.05) is 13.0 Å². The Hall–Kier alpha value is -2.55. The van der Waals surface area contributed by atoms with E-state index in [4.69, 9.17) is 9.84 Å². The number of aliphatic carboxylic acids is 1. The summed E-state index contributed by atoms with van der Waals surface area (Å²) in [5, 5.41) is 23.8. The quantitative estimate of drug-likeness (QED) is 0.342. The third kappa shape index (κ3) is 5.58. The Kier molecular flexibility index (Phi) is 8.72. The molecule has 0 bridgehead atoms. The number of esters is 1. The molecule has 0 aromatic rings. The molecule has 0 aromatic carbocycles. The fraction of sp³-hybridized carbons (Fsp3) is 0.788. The molecule has 6 atom stereocenters. The van der Waals surface area contributed by atoms with Crippen molar-refractivity contribution in [2.24, 2.45) is 40.4 Å². The highest BCUT2D eigenvalue weighted by Gasteiger charge is 2.66. The number of Topliss-reactive ketones (excluding diaryl/α,β-unsaturated/α-hetero) is 1. The SMILES string of the molecule is C[C@]12CCC(=O)C=C1CC[C@H]1[C@H]2CC[C@@]2(C)[C@@H]1CC[C@]2(O)C(=O)COC(=O)CCC(=O)NCC1CCC(C(=O)O)CC1. The first-order chi connectivity index (χ1) is 19.9. The largest absolute Gasteiger partial charge is 0.481 e. The number of carbonyl (C=O) groups is 5. The van der Waals surface area contributed by atoms with Crippen LogP contribution in [0.25, 0.3) is 0 Å². The van der Waals surface area contributed by atoms with Crippen molar-refractivity contribution >= 4 is 29.4 Å². The summed E-state index contributed by atoms with van der Waals surface area (Å²) >= 11 is 0. The van der Waals surface area contributed by atoms with E-state index < -0.39 is 35.3 Å². The van der Waals surface area contributed by atoms with Crippen LogP contribution in [0.4, 0.5) is 0 Å². The molecule has 0 aliphatic heterocycles. The van der Waals surface area contributed by atoms with Gasteiger partial charge >= 0.3 is 11.9 Å². The smallest absolute Gasteiger partial charge is 0.306 e. The van der Waals surface area contributed by atoms with Crippen molar-refractivity contribution in [3.63, 3.8) is 0 Å². The summed E-state index contributed by atoms with van der Waals surface area (Å²) < 4.78 is 5.27. The molecular formula is C33H47NO8. The van der Waals surface area contributed by atoms with E-state index >= 15 is 0 Å². The number of ketones is 2. The van der Waals surface area contributed by atoms with Gasteiger partial charge in [0.2, 0.25) is 11.7 Å². The molecule has 0 unspecified atom stereocenters. The van der Waals surface area contributed by atoms with Gasteiger partial charge in [0.05, 0.1) is 12.3 Å². The molecule has 9 heteroatoms. The van der Waals surface area contributed by atoms with Crippen molar-refractivity contribution in [1.82, 2.24) is 5.32 Å². The fourth-order valence-electron chi connectivity index (χ4n) is 9.55. The van der Waals surface area contributed by atoms with Crippen molar-refractivity contribution in [2.45, 2.75) is 109 Å². The lowest BCUT2D eigenvalue weighted by Gasteiger charge is -2.58. The van der Waals surface area contributed by atoms with Gasteiger partial charge in [0.1, 0.15) is 5.60 Å². The molecule has 5 aliphatic carbocycles. The van der Waals surface area contributed by atoms with Crippen molar-refractivity contribution in [2.75, 3.05) is 13.2 Å². The van der Waals surface area contributed by atoms with Gasteiger partial charge in [0.25, 0.3) is 0 Å². The number of hydrogen-bond donors (Lipinski definition) is 3. The standard InChI is InChI=1S/C33H47NO8/c1-31-14-11-23(35)17-22(31)7-8-24-25(31)12-15-32(2)26(24)13-16-33(32,41)27(36)19-42-29(38)10-9-28(37)34-18-20-3-5-21(6-4-20)30(39)40/h17,20-21,24-26,41H,3-16,18-19H2,1-2H3,(H,34,37)(H,39,40)/t20?,21?,24-,25+,26+,31-,32-,33-/m0/s1. The molecule has 42 heavy (non-hydrogen) atoms. The summed E-state index contributed by atoms with van der Waals surface area (Å²) in [5.74, 6) is -0.903. The third-order valence-electron chi connectivity index (χ3n) is 12.3. The van der Waals surface area contributed by atoms with Gasteiger partial charge in [-0.1, -0.05) is 19.4 Å². The predicted octanol–water partition coefficient (Wildman–Crippen LogP) is 4.15. The molecule has 0 aromatic heterocycles. The molecule has 0 spiro atoms. The van der Waals surface area contributed by atoms with Crippen LogP contribution in [0, 0.1) is 40.4 Å². The first kappa shape index (κ1) is 30.9. The molecular weight excluding hydrogens is 538 g/mol. The zero-order valence-corrected chi connectivity index (χ0v) is 25.1. The molecule has 5 rings (SSSR count). The second-order valence-electron chi connectivity index (χ2n) is 14.3. The van der Waals surface area contributed by atoms with Gasteiger partial charge in [-0.2, -0.15) is 0 Å². The van der Waals surface area contributed by atoms with Gasteiger partial charge in [-0.25, -0.2) is 0 Å². The summed E-state index contributed by atoms with van der Waals surface area (Å²) in [6.45, 7) is 4.31. The lowest BCUT2D eigenvalue weighted by atomic mass is 9.46. The second-order valence-corrected chi connectivity index (χ2v) is 14.3. The number of rotatable bonds is 9. The van der Waals surface area contributed by atoms with Gasteiger partial charge in [-0.15, -0.1) is 0 Å². The first-order valence-corrected chi connectivity index (χ1v) is 16.0. The predicted molar refractivity (Wildman–Crippen MR) is 153 cm³/mol. The van der Waals surface area contributed by atoms with Crippen LogP contribution in [0.15, 0.2) is 11.6 Å². The number of carboxylic acid groups (broad SMARTS) is 1. The van der Waals surface area contributed by atoms with E-state index in [1.54, 1.807) is 0 Å². The van der Waals surface area contributed by atoms with E-state index in [1.165, 1.54) is 5.57 Å². The molecule has 1 amide bonds. The van der Waals surface area contributed by atoms with Crippen LogP contribution in [0.5, 0.6) is 0 Å². The Morgan fingerprint density at radius 2 is 1.64 bits per heavy atom. The number of amides is 1. The van der Waals surface area contributed by atoms with Crippen molar-refractivity contribution < 1.29 is 38.9 Å². The summed E-state index contributed by atoms with van der Waals surface area (Å²) in [5.41, 5.74) is -0.816. The van der Waals surface area contributed by atoms with Crippen LogP contribution in [0.3, 0.4) is 0 Å². The summed E-state index contributed by atoms with van der Waals surface area (Å²) in [7, 11) is 0. The van der Waals surface area contributed by atoms with Crippen LogP contribution in [0.2, 0.25) is 0 Å². The van der Waals surface area contributed by atoms with Crippen LogP contribution in [-0.4, -0.2) is 58.4 Å². The number of nitrogens with one attached hydrogen (secondary N) is 1. The Morgan fingerprint density at radius 3 is 2.36 bits per heavy atom. The minimum atomic E-state index is -1.54. The van der Waals surface area contributed by atoms with Crippen molar-refractivity contribution in [3.8, 4) is 0 Å². The maximum Gasteiger partial charge on any atom is 0.306 e. The Morgan fingerprint density at radius 1 is 0.929 bits per heavy atom. The maximum atomic E-state index is 13.4. The lowest BCUT2D eigenvalue weighted by Crippen LogP contribution is -2.58. The average Bonchev–Trinajstić information content (AvgIpc) is 3.25. The topological polar surface area (TPSA) is 147 Å². The molecule has 232 valence electrons. The van der Waals surface area contributed by atoms with E-state index in [9.17, 15) is 29.1 Å². The Bertz CT molecular complexity index is 1150. The van der Waals surface area contributed by atoms with E-state index in [-0.39, 0.29) is 47.7 Å². The number of aliphatic hydroxyl groups is 1. The summed E-state index contributed by atoms with van der Waals surface area (Å²) in [4.78, 5) is 61.3. The molecule has 0 radical (unpaired) electrons. The zero-order chi connectivity index (χ0) is 30.3. The van der Waals surface area contributed by atoms with Crippen LogP contribution >= 0.6 is 0 Å². The van der Waals surface area contributed by atoms with Gasteiger partial charge in [-0.3, -0.25) is 24.0 Å². The van der Waals surface area contributed by atoms with Crippen molar-refractivity contribution in [3.05, 3.63) is 11.6 Å². The van der Waals surface area contributed by atoms with Gasteiger partial charge in [-0.05, 0) is 106 Å². The van der Waals surface area contributed by atoms with E-state index in [0.717, 1.165) is 51.4 Å². The molecule has 5 aliphatic rings. The van der Waals surface area contributed by atoms with E-state index in [2.05, 4.69) is 12.2 Å². The molecule has 9 nitrogen and oxygen atoms in total. The Balaban J connectivity index is 1.09. The van der Waals surface area contributed by atoms with Crippen molar-refractivity contribution in [1.29, 1.82) is 0 Å². The number of hydrogen-bond acceptors (Lipinski definition) is 7. The Labute approximate surface area is 248 Å². The van der Waals surface area contributed by atoms with Gasteiger partial charge in [0.15, 0.2) is 12.4 Å². The first-order valence-electron chi connectivity index (χ1n) is 16.0. The number of allylic oxidation sites excluding steroid dienone is 1. The average molecular weight is 586 g/mol. The van der Waals surface area contributed by atoms with Gasteiger partial charge < -0.3 is 20.3 Å². The molecule has 3 N–H and O–H groups in total. The highest BCUT2D eigenvalue weighted by molar-refractivity contribution is 5.92. The number of fused-ring (bicyclic) bond motifs is 5. The van der Waals surface area contributed by atoms with Crippen LogP contribution < -0.4 is 5.32 Å². The number of ether oxygens (including phenoxy) is 1. The summed E-state index contributed by atoms with van der Waals surface area (Å²) in [6.07, 6.45) is 10.5. The maximum absolute atomic E-state index is 13.4. The zero-order valence-electron chi connectivity index (χ0n) is 25.1. The monoisotopic (exact) mass is 585 g/mol. The van der Waals surface area contributed by atoms with E-state index in [0.29, 0.717) is 44.1 Å². The molecule has 4 fully saturated rings. The second kappa shape index (κ2) is 11.9. The molecule has 0 heterocycles. The van der Waals surface area contributed by atoms with Gasteiger partial charge in [0, 0.05) is 24.8 Å². The number of carboxylic acids is 1. The minimum Gasteiger partial charge on any atom is -0.481 e. The minimum absolute atomic E-state index is 0.0184. The molecule has 0 saturated heterocycles. The highest BCUT2D eigenvalue weighted by atomic mass is 16.5. The number of carbonyl (C=O) groups excluding carboxylic acids is 4. The third-order valence-corrected chi connectivity index (χ3v) is 12.3. The van der Waals surface area contributed by atoms with Crippen LogP contribution in [0.1, 0.15) is 104 Å². The molecule has 4 saturated carbocycles. The fourth-order valence-corrected chi connectivity index (χ4v) is 9.55. The normalized spacial score (nSPS) is 39.3. The summed E-state index contributed by atoms with van der Waals surface area (Å²) in [6, 6.07) is 0. The lowest BCUT2D eigenvalue weighted by molar-refractivity contribution is -0.170. The highest BCUT2D eigenvalue weighted by Crippen LogP contribution is 2.67.